The Morgan fingerprint density at radius 2 is 2.27 bits per heavy atom. The van der Waals surface area contributed by atoms with Crippen LogP contribution in [-0.4, -0.2) is 11.1 Å². The zero-order valence-corrected chi connectivity index (χ0v) is 6.66. The van der Waals surface area contributed by atoms with E-state index >= 15 is 0 Å². The maximum absolute atomic E-state index is 10.2. The van der Waals surface area contributed by atoms with Crippen molar-refractivity contribution >= 4 is 5.97 Å². The van der Waals surface area contributed by atoms with Crippen molar-refractivity contribution in [2.24, 2.45) is 5.92 Å². The fourth-order valence-corrected chi connectivity index (χ4v) is 0.732. The summed E-state index contributed by atoms with van der Waals surface area (Å²) in [6.07, 6.45) is 1.55. The molecule has 0 aliphatic heterocycles. The Labute approximate surface area is 66.0 Å². The van der Waals surface area contributed by atoms with Gasteiger partial charge in [0.25, 0.3) is 0 Å². The van der Waals surface area contributed by atoms with Gasteiger partial charge in [-0.3, -0.25) is 4.79 Å². The number of carboxylic acid groups (broad SMARTS) is 1. The quantitative estimate of drug-likeness (QED) is 0.626. The molecule has 0 unspecified atom stereocenters. The van der Waals surface area contributed by atoms with E-state index in [1.165, 1.54) is 0 Å². The molecule has 0 saturated carbocycles. The van der Waals surface area contributed by atoms with Crippen molar-refractivity contribution in [3.63, 3.8) is 0 Å². The highest BCUT2D eigenvalue weighted by atomic mass is 16.4. The highest BCUT2D eigenvalue weighted by molar-refractivity contribution is 5.67. The van der Waals surface area contributed by atoms with Crippen molar-refractivity contribution < 1.29 is 9.90 Å². The van der Waals surface area contributed by atoms with E-state index in [0.29, 0.717) is 0 Å². The average molecular weight is 153 g/mol. The van der Waals surface area contributed by atoms with Gasteiger partial charge in [-0.05, 0) is 13.8 Å². The lowest BCUT2D eigenvalue weighted by Gasteiger charge is -1.98. The summed E-state index contributed by atoms with van der Waals surface area (Å²) >= 11 is 0. The van der Waals surface area contributed by atoms with Crippen LogP contribution in [0.2, 0.25) is 0 Å². The van der Waals surface area contributed by atoms with Crippen LogP contribution in [0.3, 0.4) is 0 Å². The zero-order chi connectivity index (χ0) is 8.85. The summed E-state index contributed by atoms with van der Waals surface area (Å²) in [4.78, 5) is 10.2. The number of nitriles is 1. The molecule has 0 aromatic heterocycles. The van der Waals surface area contributed by atoms with Gasteiger partial charge in [-0.2, -0.15) is 5.26 Å². The molecule has 1 N–H and O–H groups in total. The van der Waals surface area contributed by atoms with Gasteiger partial charge in [0.05, 0.1) is 18.4 Å². The van der Waals surface area contributed by atoms with Gasteiger partial charge in [-0.15, -0.1) is 0 Å². The summed E-state index contributed by atoms with van der Waals surface area (Å²) in [5, 5.41) is 16.8. The summed E-state index contributed by atoms with van der Waals surface area (Å²) in [7, 11) is 0. The summed E-state index contributed by atoms with van der Waals surface area (Å²) < 4.78 is 0. The van der Waals surface area contributed by atoms with E-state index in [2.05, 4.69) is 0 Å². The van der Waals surface area contributed by atoms with Crippen molar-refractivity contribution in [2.45, 2.75) is 20.3 Å². The van der Waals surface area contributed by atoms with Crippen LogP contribution >= 0.6 is 0 Å². The standard InChI is InChI=1S/C8H11NO2/c1-6(2)3-7(5-9)4-8(10)11/h3,7H,4H2,1-2H3,(H,10,11)/t7-/m0/s1. The third-order valence-corrected chi connectivity index (χ3v) is 1.09. The number of carboxylic acids is 1. The molecular weight excluding hydrogens is 142 g/mol. The second-order valence-corrected chi connectivity index (χ2v) is 2.58. The predicted octanol–water partition coefficient (Wildman–Crippen LogP) is 1.57. The van der Waals surface area contributed by atoms with Gasteiger partial charge in [0.2, 0.25) is 0 Å². The Hall–Kier alpha value is -1.30. The maximum Gasteiger partial charge on any atom is 0.305 e. The predicted molar refractivity (Wildman–Crippen MR) is 40.8 cm³/mol. The van der Waals surface area contributed by atoms with E-state index in [0.717, 1.165) is 5.57 Å². The van der Waals surface area contributed by atoms with Gasteiger partial charge in [0, 0.05) is 0 Å². The average Bonchev–Trinajstić information content (AvgIpc) is 1.84. The smallest absolute Gasteiger partial charge is 0.305 e. The fraction of sp³-hybridized carbons (Fsp3) is 0.500. The second kappa shape index (κ2) is 4.51. The Bertz CT molecular complexity index is 209. The third-order valence-electron chi connectivity index (χ3n) is 1.09. The Balaban J connectivity index is 4.11. The lowest BCUT2D eigenvalue weighted by Crippen LogP contribution is -2.03. The molecule has 0 amide bonds. The molecule has 0 heterocycles. The van der Waals surface area contributed by atoms with E-state index in [1.807, 2.05) is 19.9 Å². The molecule has 0 bridgehead atoms. The van der Waals surface area contributed by atoms with Crippen LogP contribution in [-0.2, 0) is 4.79 Å². The van der Waals surface area contributed by atoms with Crippen molar-refractivity contribution in [1.82, 2.24) is 0 Å². The minimum atomic E-state index is -0.936. The van der Waals surface area contributed by atoms with E-state index in [4.69, 9.17) is 10.4 Å². The molecule has 0 aliphatic carbocycles. The highest BCUT2D eigenvalue weighted by Gasteiger charge is 2.08. The van der Waals surface area contributed by atoms with Crippen LogP contribution < -0.4 is 0 Å². The highest BCUT2D eigenvalue weighted by Crippen LogP contribution is 2.06. The summed E-state index contributed by atoms with van der Waals surface area (Å²) in [6.45, 7) is 3.68. The van der Waals surface area contributed by atoms with E-state index in [1.54, 1.807) is 6.08 Å². The van der Waals surface area contributed by atoms with Crippen LogP contribution in [0.5, 0.6) is 0 Å². The minimum absolute atomic E-state index is 0.109. The first-order valence-electron chi connectivity index (χ1n) is 3.32. The first-order chi connectivity index (χ1) is 5.06. The van der Waals surface area contributed by atoms with E-state index in [-0.39, 0.29) is 6.42 Å². The summed E-state index contributed by atoms with van der Waals surface area (Å²) in [6, 6.07) is 1.91. The lowest BCUT2D eigenvalue weighted by molar-refractivity contribution is -0.137. The van der Waals surface area contributed by atoms with Crippen LogP contribution in [0.15, 0.2) is 11.6 Å². The van der Waals surface area contributed by atoms with Gasteiger partial charge >= 0.3 is 5.97 Å². The summed E-state index contributed by atoms with van der Waals surface area (Å²) in [5.74, 6) is -1.42. The first kappa shape index (κ1) is 9.70. The number of aliphatic carboxylic acids is 1. The molecule has 0 aliphatic rings. The van der Waals surface area contributed by atoms with Crippen molar-refractivity contribution in [1.29, 1.82) is 5.26 Å². The van der Waals surface area contributed by atoms with Crippen molar-refractivity contribution in [3.05, 3.63) is 11.6 Å². The van der Waals surface area contributed by atoms with Gasteiger partial charge in [-0.25, -0.2) is 0 Å². The Morgan fingerprint density at radius 1 is 1.73 bits per heavy atom. The molecule has 0 aromatic rings. The number of carbonyl (C=O) groups is 1. The first-order valence-corrected chi connectivity index (χ1v) is 3.32. The molecule has 60 valence electrons. The minimum Gasteiger partial charge on any atom is -0.481 e. The molecule has 3 nitrogen and oxygen atoms in total. The summed E-state index contributed by atoms with van der Waals surface area (Å²) in [5.41, 5.74) is 0.970. The molecule has 1 atom stereocenters. The van der Waals surface area contributed by atoms with Gasteiger partial charge < -0.3 is 5.11 Å². The number of rotatable bonds is 3. The number of allylic oxidation sites excluding steroid dienone is 2. The SMILES string of the molecule is CC(C)=C[C@H](C#N)CC(=O)O. The van der Waals surface area contributed by atoms with Gasteiger partial charge in [0.15, 0.2) is 0 Å². The lowest BCUT2D eigenvalue weighted by atomic mass is 10.1. The molecule has 0 spiro atoms. The van der Waals surface area contributed by atoms with Crippen LogP contribution in [0, 0.1) is 17.2 Å². The topological polar surface area (TPSA) is 61.1 Å². The van der Waals surface area contributed by atoms with Crippen molar-refractivity contribution in [2.75, 3.05) is 0 Å². The molecular formula is C8H11NO2. The molecule has 0 aromatic carbocycles. The Kier molecular flexibility index (Phi) is 3.97. The fourth-order valence-electron chi connectivity index (χ4n) is 0.732. The molecule has 0 fully saturated rings. The molecule has 0 radical (unpaired) electrons. The van der Waals surface area contributed by atoms with Gasteiger partial charge in [-0.1, -0.05) is 11.6 Å². The maximum atomic E-state index is 10.2. The zero-order valence-electron chi connectivity index (χ0n) is 6.66. The van der Waals surface area contributed by atoms with E-state index < -0.39 is 11.9 Å². The molecule has 0 saturated heterocycles. The van der Waals surface area contributed by atoms with Crippen molar-refractivity contribution in [3.8, 4) is 6.07 Å². The van der Waals surface area contributed by atoms with Crippen LogP contribution in [0.4, 0.5) is 0 Å². The van der Waals surface area contributed by atoms with Gasteiger partial charge in [0.1, 0.15) is 0 Å². The molecule has 0 rings (SSSR count). The van der Waals surface area contributed by atoms with E-state index in [9.17, 15) is 4.79 Å². The molecule has 11 heavy (non-hydrogen) atoms. The normalized spacial score (nSPS) is 11.4. The second-order valence-electron chi connectivity index (χ2n) is 2.58. The number of nitrogens with zero attached hydrogens (tertiary/aromatic N) is 1. The van der Waals surface area contributed by atoms with Crippen LogP contribution in [0.25, 0.3) is 0 Å². The Morgan fingerprint density at radius 3 is 2.55 bits per heavy atom. The number of hydrogen-bond donors (Lipinski definition) is 1. The monoisotopic (exact) mass is 153 g/mol. The third kappa shape index (κ3) is 5.16. The largest absolute Gasteiger partial charge is 0.481 e. The molecule has 3 heteroatoms. The van der Waals surface area contributed by atoms with Crippen LogP contribution in [0.1, 0.15) is 20.3 Å². The number of hydrogen-bond acceptors (Lipinski definition) is 2.